The van der Waals surface area contributed by atoms with Gasteiger partial charge >= 0.3 is 0 Å². The molecule has 0 amide bonds. The maximum Gasteiger partial charge on any atom is 0.296 e. The first-order chi connectivity index (χ1) is 11.6. The molecule has 1 aliphatic carbocycles. The van der Waals surface area contributed by atoms with Crippen molar-refractivity contribution in [2.24, 2.45) is 0 Å². The predicted octanol–water partition coefficient (Wildman–Crippen LogP) is 4.68. The zero-order valence-electron chi connectivity index (χ0n) is 13.9. The third-order valence-corrected chi connectivity index (χ3v) is 6.01. The van der Waals surface area contributed by atoms with Gasteiger partial charge < -0.3 is 0 Å². The quantitative estimate of drug-likeness (QED) is 0.541. The van der Waals surface area contributed by atoms with E-state index in [1.165, 1.54) is 36.8 Å². The standard InChI is InChI=1S/C20H24O3S/c21-24(22,20-10-2-1-3-11-20)23-16-6-7-17-12-14-19(15-13-17)18-8-4-5-9-18/h1-3,10-15,18H,4-9,16H2. The number of hydrogen-bond acceptors (Lipinski definition) is 3. The van der Waals surface area contributed by atoms with E-state index >= 15 is 0 Å². The SMILES string of the molecule is O=S(=O)(OCCCc1ccc(C2CCCC2)cc1)c1ccccc1. The Bertz CT molecular complexity index is 730. The Morgan fingerprint density at radius 3 is 2.25 bits per heavy atom. The Kier molecular flexibility index (Phi) is 5.69. The molecule has 0 aliphatic heterocycles. The van der Waals surface area contributed by atoms with Crippen molar-refractivity contribution in [2.45, 2.75) is 49.3 Å². The van der Waals surface area contributed by atoms with Gasteiger partial charge in [0.2, 0.25) is 0 Å². The van der Waals surface area contributed by atoms with E-state index < -0.39 is 10.1 Å². The van der Waals surface area contributed by atoms with E-state index in [9.17, 15) is 8.42 Å². The van der Waals surface area contributed by atoms with E-state index in [1.54, 1.807) is 30.3 Å². The van der Waals surface area contributed by atoms with Crippen molar-refractivity contribution in [2.75, 3.05) is 6.61 Å². The van der Waals surface area contributed by atoms with Crippen molar-refractivity contribution in [3.8, 4) is 0 Å². The highest BCUT2D eigenvalue weighted by Gasteiger charge is 2.17. The molecular weight excluding hydrogens is 320 g/mol. The molecule has 2 aromatic carbocycles. The topological polar surface area (TPSA) is 43.4 Å². The van der Waals surface area contributed by atoms with Gasteiger partial charge in [0.1, 0.15) is 0 Å². The van der Waals surface area contributed by atoms with Crippen LogP contribution in [0.4, 0.5) is 0 Å². The fourth-order valence-corrected chi connectivity index (χ4v) is 4.28. The third kappa shape index (κ3) is 4.46. The second-order valence-electron chi connectivity index (χ2n) is 6.42. The van der Waals surface area contributed by atoms with Gasteiger partial charge in [0.25, 0.3) is 10.1 Å². The maximum absolute atomic E-state index is 12.0. The molecule has 24 heavy (non-hydrogen) atoms. The van der Waals surface area contributed by atoms with Gasteiger partial charge in [-0.05, 0) is 54.9 Å². The molecule has 128 valence electrons. The minimum absolute atomic E-state index is 0.210. The third-order valence-electron chi connectivity index (χ3n) is 4.69. The zero-order chi connectivity index (χ0) is 16.8. The lowest BCUT2D eigenvalue weighted by molar-refractivity contribution is 0.312. The molecule has 1 fully saturated rings. The van der Waals surface area contributed by atoms with Crippen LogP contribution in [0.15, 0.2) is 59.5 Å². The second kappa shape index (κ2) is 7.95. The highest BCUT2D eigenvalue weighted by molar-refractivity contribution is 7.86. The van der Waals surface area contributed by atoms with Crippen LogP contribution in [0.1, 0.15) is 49.1 Å². The summed E-state index contributed by atoms with van der Waals surface area (Å²) in [5, 5.41) is 0. The van der Waals surface area contributed by atoms with E-state index in [2.05, 4.69) is 24.3 Å². The van der Waals surface area contributed by atoms with E-state index in [4.69, 9.17) is 4.18 Å². The summed E-state index contributed by atoms with van der Waals surface area (Å²) in [4.78, 5) is 0.214. The molecule has 0 aromatic heterocycles. The lowest BCUT2D eigenvalue weighted by Gasteiger charge is -2.10. The molecule has 0 saturated heterocycles. The molecule has 0 unspecified atom stereocenters. The molecule has 0 N–H and O–H groups in total. The monoisotopic (exact) mass is 344 g/mol. The van der Waals surface area contributed by atoms with Gasteiger partial charge in [-0.2, -0.15) is 8.42 Å². The molecule has 0 radical (unpaired) electrons. The average Bonchev–Trinajstić information content (AvgIpc) is 3.15. The van der Waals surface area contributed by atoms with Crippen LogP contribution < -0.4 is 0 Å². The first-order valence-corrected chi connectivity index (χ1v) is 10.1. The highest BCUT2D eigenvalue weighted by Crippen LogP contribution is 2.34. The Morgan fingerprint density at radius 1 is 0.917 bits per heavy atom. The van der Waals surface area contributed by atoms with Crippen LogP contribution >= 0.6 is 0 Å². The molecule has 0 atom stereocenters. The van der Waals surface area contributed by atoms with Gasteiger partial charge in [-0.15, -0.1) is 0 Å². The maximum atomic E-state index is 12.0. The summed E-state index contributed by atoms with van der Waals surface area (Å²) in [6, 6.07) is 17.1. The number of aryl methyl sites for hydroxylation is 1. The first-order valence-electron chi connectivity index (χ1n) is 8.68. The molecule has 0 spiro atoms. The number of hydrogen-bond donors (Lipinski definition) is 0. The van der Waals surface area contributed by atoms with Gasteiger partial charge in [0.15, 0.2) is 0 Å². The van der Waals surface area contributed by atoms with Crippen molar-refractivity contribution in [1.29, 1.82) is 0 Å². The highest BCUT2D eigenvalue weighted by atomic mass is 32.2. The van der Waals surface area contributed by atoms with Crippen molar-refractivity contribution < 1.29 is 12.6 Å². The lowest BCUT2D eigenvalue weighted by atomic mass is 9.96. The van der Waals surface area contributed by atoms with Crippen LogP contribution in [0, 0.1) is 0 Å². The minimum Gasteiger partial charge on any atom is -0.266 e. The van der Waals surface area contributed by atoms with Crippen LogP contribution in [-0.4, -0.2) is 15.0 Å². The van der Waals surface area contributed by atoms with Crippen molar-refractivity contribution in [1.82, 2.24) is 0 Å². The Hall–Kier alpha value is -1.65. The first kappa shape index (κ1) is 17.2. The number of benzene rings is 2. The average molecular weight is 344 g/mol. The largest absolute Gasteiger partial charge is 0.296 e. The Balaban J connectivity index is 1.46. The van der Waals surface area contributed by atoms with Gasteiger partial charge in [-0.3, -0.25) is 4.18 Å². The van der Waals surface area contributed by atoms with Crippen LogP contribution in [0.5, 0.6) is 0 Å². The van der Waals surface area contributed by atoms with Gasteiger partial charge in [-0.25, -0.2) is 0 Å². The molecule has 0 heterocycles. The molecule has 1 aliphatic rings. The molecule has 3 nitrogen and oxygen atoms in total. The Labute approximate surface area is 144 Å². The smallest absolute Gasteiger partial charge is 0.266 e. The zero-order valence-corrected chi connectivity index (χ0v) is 14.7. The summed E-state index contributed by atoms with van der Waals surface area (Å²) in [7, 11) is -3.63. The van der Waals surface area contributed by atoms with Crippen molar-refractivity contribution in [3.05, 3.63) is 65.7 Å². The molecule has 3 rings (SSSR count). The normalized spacial score (nSPS) is 15.7. The van der Waals surface area contributed by atoms with E-state index in [0.717, 1.165) is 12.3 Å². The van der Waals surface area contributed by atoms with Gasteiger partial charge in [0, 0.05) is 0 Å². The van der Waals surface area contributed by atoms with E-state index in [1.807, 2.05) is 0 Å². The summed E-state index contributed by atoms with van der Waals surface area (Å²) in [5.41, 5.74) is 2.68. The van der Waals surface area contributed by atoms with Crippen LogP contribution in [-0.2, 0) is 20.7 Å². The summed E-state index contributed by atoms with van der Waals surface area (Å²) in [6.07, 6.45) is 6.83. The fraction of sp³-hybridized carbons (Fsp3) is 0.400. The minimum atomic E-state index is -3.63. The molecule has 0 bridgehead atoms. The summed E-state index contributed by atoms with van der Waals surface area (Å²) in [6.45, 7) is 0.210. The summed E-state index contributed by atoms with van der Waals surface area (Å²) < 4.78 is 29.1. The number of rotatable bonds is 7. The van der Waals surface area contributed by atoms with Gasteiger partial charge in [0.05, 0.1) is 11.5 Å². The van der Waals surface area contributed by atoms with E-state index in [-0.39, 0.29) is 11.5 Å². The predicted molar refractivity (Wildman–Crippen MR) is 95.6 cm³/mol. The van der Waals surface area contributed by atoms with E-state index in [0.29, 0.717) is 6.42 Å². The van der Waals surface area contributed by atoms with Crippen LogP contribution in [0.25, 0.3) is 0 Å². The van der Waals surface area contributed by atoms with Crippen molar-refractivity contribution in [3.63, 3.8) is 0 Å². The van der Waals surface area contributed by atoms with Gasteiger partial charge in [-0.1, -0.05) is 55.3 Å². The Morgan fingerprint density at radius 2 is 1.58 bits per heavy atom. The molecular formula is C20H24O3S. The lowest BCUT2D eigenvalue weighted by Crippen LogP contribution is -2.08. The van der Waals surface area contributed by atoms with Crippen LogP contribution in [0.2, 0.25) is 0 Å². The summed E-state index contributed by atoms with van der Waals surface area (Å²) in [5.74, 6) is 0.735. The molecule has 2 aromatic rings. The fourth-order valence-electron chi connectivity index (χ4n) is 3.32. The molecule has 4 heteroatoms. The molecule has 1 saturated carbocycles. The second-order valence-corrected chi connectivity index (χ2v) is 8.03. The van der Waals surface area contributed by atoms with Crippen LogP contribution in [0.3, 0.4) is 0 Å². The summed E-state index contributed by atoms with van der Waals surface area (Å²) >= 11 is 0. The van der Waals surface area contributed by atoms with Crippen molar-refractivity contribution >= 4 is 10.1 Å².